The maximum absolute atomic E-state index is 5.83. The molecule has 0 fully saturated rings. The van der Waals surface area contributed by atoms with E-state index in [0.717, 1.165) is 28.4 Å². The largest absolute Gasteiger partial charge is 0.489 e. The fraction of sp³-hybridized carbons (Fsp3) is 0.375. The van der Waals surface area contributed by atoms with Crippen LogP contribution in [-0.2, 0) is 0 Å². The molecular weight excluding hydrogens is 320 g/mol. The van der Waals surface area contributed by atoms with E-state index in [1.807, 2.05) is 25.1 Å². The third-order valence-electron chi connectivity index (χ3n) is 3.48. The van der Waals surface area contributed by atoms with Gasteiger partial charge in [-0.3, -0.25) is 0 Å². The van der Waals surface area contributed by atoms with Crippen molar-refractivity contribution in [1.29, 1.82) is 0 Å². The number of hydrogen-bond acceptors (Lipinski definition) is 3. The summed E-state index contributed by atoms with van der Waals surface area (Å²) in [5.41, 5.74) is 2.26. The molecule has 1 aliphatic heterocycles. The van der Waals surface area contributed by atoms with Crippen LogP contribution in [0.15, 0.2) is 34.9 Å². The minimum atomic E-state index is 0.0934. The van der Waals surface area contributed by atoms with Crippen molar-refractivity contribution in [3.05, 3.63) is 47.4 Å². The summed E-state index contributed by atoms with van der Waals surface area (Å²) in [5, 5.41) is 0. The fourth-order valence-corrected chi connectivity index (χ4v) is 3.02. The van der Waals surface area contributed by atoms with Crippen molar-refractivity contribution in [1.82, 2.24) is 0 Å². The average Bonchev–Trinajstić information content (AvgIpc) is 2.79. The van der Waals surface area contributed by atoms with E-state index in [1.165, 1.54) is 0 Å². The summed E-state index contributed by atoms with van der Waals surface area (Å²) in [6, 6.07) is 8.06. The molecule has 0 N–H and O–H groups in total. The zero-order chi connectivity index (χ0) is 14.1. The smallest absolute Gasteiger partial charge is 0.161 e. The number of rotatable bonds is 2. The monoisotopic (exact) mass is 336 g/mol. The van der Waals surface area contributed by atoms with Crippen LogP contribution in [0.25, 0.3) is 0 Å². The number of furan rings is 1. The molecule has 106 valence electrons. The summed E-state index contributed by atoms with van der Waals surface area (Å²) >= 11 is 3.73. The van der Waals surface area contributed by atoms with Crippen LogP contribution >= 0.6 is 15.9 Å². The standard InChI is InChI=1S/C16H17BrO3/c1-10-8-19-14-4-3-12(7-15(14)20-9-10)16(17)13-5-6-18-11(13)2/h3-7,10,16H,8-9H2,1-2H3. The highest BCUT2D eigenvalue weighted by Crippen LogP contribution is 2.38. The molecule has 20 heavy (non-hydrogen) atoms. The molecule has 0 spiro atoms. The van der Waals surface area contributed by atoms with E-state index < -0.39 is 0 Å². The Morgan fingerprint density at radius 2 is 1.90 bits per heavy atom. The van der Waals surface area contributed by atoms with Gasteiger partial charge in [0.15, 0.2) is 11.5 Å². The summed E-state index contributed by atoms with van der Waals surface area (Å²) in [4.78, 5) is 0.0934. The van der Waals surface area contributed by atoms with E-state index in [2.05, 4.69) is 28.9 Å². The first-order chi connectivity index (χ1) is 9.65. The normalized spacial score (nSPS) is 19.4. The number of ether oxygens (including phenoxy) is 2. The fourth-order valence-electron chi connectivity index (χ4n) is 2.26. The van der Waals surface area contributed by atoms with Crippen molar-refractivity contribution >= 4 is 15.9 Å². The Kier molecular flexibility index (Phi) is 3.74. The van der Waals surface area contributed by atoms with Crippen LogP contribution in [0.1, 0.15) is 28.6 Å². The summed E-state index contributed by atoms with van der Waals surface area (Å²) < 4.78 is 16.9. The predicted molar refractivity (Wildman–Crippen MR) is 80.8 cm³/mol. The molecule has 0 saturated carbocycles. The van der Waals surface area contributed by atoms with E-state index in [0.29, 0.717) is 19.1 Å². The lowest BCUT2D eigenvalue weighted by Crippen LogP contribution is -2.12. The molecular formula is C16H17BrO3. The number of fused-ring (bicyclic) bond motifs is 1. The molecule has 1 aromatic carbocycles. The van der Waals surface area contributed by atoms with Gasteiger partial charge in [0.2, 0.25) is 0 Å². The zero-order valence-electron chi connectivity index (χ0n) is 11.6. The van der Waals surface area contributed by atoms with Crippen LogP contribution in [0.2, 0.25) is 0 Å². The van der Waals surface area contributed by atoms with E-state index >= 15 is 0 Å². The Morgan fingerprint density at radius 1 is 1.15 bits per heavy atom. The lowest BCUT2D eigenvalue weighted by molar-refractivity contribution is 0.228. The summed E-state index contributed by atoms with van der Waals surface area (Å²) in [6.45, 7) is 5.47. The van der Waals surface area contributed by atoms with Crippen molar-refractivity contribution in [2.24, 2.45) is 5.92 Å². The summed E-state index contributed by atoms with van der Waals surface area (Å²) in [5.74, 6) is 2.97. The van der Waals surface area contributed by atoms with Crippen molar-refractivity contribution in [2.45, 2.75) is 18.7 Å². The van der Waals surface area contributed by atoms with Crippen molar-refractivity contribution in [3.8, 4) is 11.5 Å². The minimum absolute atomic E-state index is 0.0934. The van der Waals surface area contributed by atoms with Gasteiger partial charge >= 0.3 is 0 Å². The Balaban J connectivity index is 1.91. The van der Waals surface area contributed by atoms with Crippen LogP contribution in [0.3, 0.4) is 0 Å². The van der Waals surface area contributed by atoms with Gasteiger partial charge in [0.25, 0.3) is 0 Å². The first-order valence-corrected chi connectivity index (χ1v) is 7.64. The molecule has 0 radical (unpaired) electrons. The van der Waals surface area contributed by atoms with E-state index in [1.54, 1.807) is 6.26 Å². The quantitative estimate of drug-likeness (QED) is 0.757. The molecule has 0 saturated heterocycles. The lowest BCUT2D eigenvalue weighted by Gasteiger charge is -2.13. The number of benzene rings is 1. The van der Waals surface area contributed by atoms with Crippen LogP contribution < -0.4 is 9.47 Å². The van der Waals surface area contributed by atoms with Crippen LogP contribution in [0.5, 0.6) is 11.5 Å². The molecule has 2 atom stereocenters. The number of halogens is 1. The van der Waals surface area contributed by atoms with Gasteiger partial charge in [-0.2, -0.15) is 0 Å². The third-order valence-corrected chi connectivity index (χ3v) is 4.50. The zero-order valence-corrected chi connectivity index (χ0v) is 13.1. The molecule has 2 heterocycles. The SMILES string of the molecule is Cc1occc1C(Br)c1ccc2c(c1)OCC(C)CO2. The number of hydrogen-bond donors (Lipinski definition) is 0. The number of alkyl halides is 1. The highest BCUT2D eigenvalue weighted by Gasteiger charge is 2.19. The molecule has 3 nitrogen and oxygen atoms in total. The topological polar surface area (TPSA) is 31.6 Å². The van der Waals surface area contributed by atoms with Crippen LogP contribution in [0.4, 0.5) is 0 Å². The molecule has 3 rings (SSSR count). The molecule has 2 unspecified atom stereocenters. The molecule has 1 aliphatic rings. The maximum Gasteiger partial charge on any atom is 0.161 e. The molecule has 1 aromatic heterocycles. The molecule has 0 amide bonds. The maximum atomic E-state index is 5.83. The average molecular weight is 337 g/mol. The van der Waals surface area contributed by atoms with Gasteiger partial charge in [-0.15, -0.1) is 0 Å². The molecule has 4 heteroatoms. The van der Waals surface area contributed by atoms with Gasteiger partial charge in [0.05, 0.1) is 24.3 Å². The van der Waals surface area contributed by atoms with Crippen molar-refractivity contribution < 1.29 is 13.9 Å². The van der Waals surface area contributed by atoms with E-state index in [9.17, 15) is 0 Å². The highest BCUT2D eigenvalue weighted by molar-refractivity contribution is 9.09. The molecule has 0 bridgehead atoms. The lowest BCUT2D eigenvalue weighted by atomic mass is 10.1. The van der Waals surface area contributed by atoms with Crippen LogP contribution in [-0.4, -0.2) is 13.2 Å². The van der Waals surface area contributed by atoms with Gasteiger partial charge in [-0.05, 0) is 30.7 Å². The first-order valence-electron chi connectivity index (χ1n) is 6.72. The predicted octanol–water partition coefficient (Wildman–Crippen LogP) is 4.48. The van der Waals surface area contributed by atoms with Gasteiger partial charge in [-0.1, -0.05) is 28.9 Å². The summed E-state index contributed by atoms with van der Waals surface area (Å²) in [7, 11) is 0. The second kappa shape index (κ2) is 5.52. The molecule has 2 aromatic rings. The second-order valence-electron chi connectivity index (χ2n) is 5.23. The highest BCUT2D eigenvalue weighted by atomic mass is 79.9. The van der Waals surface area contributed by atoms with Gasteiger partial charge in [0, 0.05) is 11.5 Å². The minimum Gasteiger partial charge on any atom is -0.489 e. The summed E-state index contributed by atoms with van der Waals surface area (Å²) in [6.07, 6.45) is 1.71. The molecule has 0 aliphatic carbocycles. The Bertz CT molecular complexity index is 606. The Labute approximate surface area is 127 Å². The van der Waals surface area contributed by atoms with Gasteiger partial charge < -0.3 is 13.9 Å². The van der Waals surface area contributed by atoms with Crippen LogP contribution in [0, 0.1) is 12.8 Å². The second-order valence-corrected chi connectivity index (χ2v) is 6.14. The van der Waals surface area contributed by atoms with Gasteiger partial charge in [-0.25, -0.2) is 0 Å². The Hall–Kier alpha value is -1.42. The van der Waals surface area contributed by atoms with E-state index in [-0.39, 0.29) is 4.83 Å². The first kappa shape index (κ1) is 13.6. The Morgan fingerprint density at radius 3 is 2.60 bits per heavy atom. The van der Waals surface area contributed by atoms with Crippen molar-refractivity contribution in [3.63, 3.8) is 0 Å². The number of aryl methyl sites for hydroxylation is 1. The van der Waals surface area contributed by atoms with Crippen molar-refractivity contribution in [2.75, 3.05) is 13.2 Å². The van der Waals surface area contributed by atoms with E-state index in [4.69, 9.17) is 13.9 Å². The van der Waals surface area contributed by atoms with Gasteiger partial charge in [0.1, 0.15) is 5.76 Å². The third kappa shape index (κ3) is 2.57.